The topological polar surface area (TPSA) is 15.3 Å². The van der Waals surface area contributed by atoms with Gasteiger partial charge in [0.15, 0.2) is 0 Å². The molecule has 2 rings (SSSR count). The van der Waals surface area contributed by atoms with Crippen molar-refractivity contribution in [2.24, 2.45) is 0 Å². The van der Waals surface area contributed by atoms with Gasteiger partial charge in [0.25, 0.3) is 0 Å². The van der Waals surface area contributed by atoms with Crippen molar-refractivity contribution in [1.82, 2.24) is 5.32 Å². The third-order valence-electron chi connectivity index (χ3n) is 3.27. The van der Waals surface area contributed by atoms with E-state index in [9.17, 15) is 0 Å². The number of halogens is 1. The molecule has 0 heterocycles. The predicted octanol–water partition coefficient (Wildman–Crippen LogP) is 4.61. The fraction of sp³-hybridized carbons (Fsp3) is 0.294. The van der Waals surface area contributed by atoms with Gasteiger partial charge in [-0.3, -0.25) is 0 Å². The number of anilines is 2. The van der Waals surface area contributed by atoms with E-state index in [1.165, 1.54) is 5.56 Å². The van der Waals surface area contributed by atoms with Crippen LogP contribution < -0.4 is 10.2 Å². The maximum Gasteiger partial charge on any atom is 0.0646 e. The normalized spacial score (nSPS) is 10.6. The Morgan fingerprint density at radius 2 is 1.80 bits per heavy atom. The molecule has 0 saturated heterocycles. The molecule has 0 bridgehead atoms. The Labute approximate surface area is 126 Å². The van der Waals surface area contributed by atoms with E-state index in [0.29, 0.717) is 0 Å². The Bertz CT molecular complexity index is 540. The van der Waals surface area contributed by atoms with Crippen molar-refractivity contribution in [2.45, 2.75) is 20.4 Å². The van der Waals surface area contributed by atoms with Crippen LogP contribution in [0, 0.1) is 0 Å². The largest absolute Gasteiger partial charge is 0.341 e. The molecule has 2 nitrogen and oxygen atoms in total. The van der Waals surface area contributed by atoms with Gasteiger partial charge in [-0.05, 0) is 43.3 Å². The first-order chi connectivity index (χ1) is 9.76. The van der Waals surface area contributed by atoms with E-state index in [0.717, 1.165) is 36.0 Å². The first-order valence-electron chi connectivity index (χ1n) is 7.08. The van der Waals surface area contributed by atoms with Crippen LogP contribution in [0.1, 0.15) is 19.4 Å². The zero-order valence-electron chi connectivity index (χ0n) is 12.1. The molecule has 0 aromatic heterocycles. The fourth-order valence-electron chi connectivity index (χ4n) is 2.25. The van der Waals surface area contributed by atoms with Gasteiger partial charge in [0.05, 0.1) is 10.7 Å². The zero-order valence-corrected chi connectivity index (χ0v) is 12.8. The summed E-state index contributed by atoms with van der Waals surface area (Å²) < 4.78 is 0. The third-order valence-corrected chi connectivity index (χ3v) is 3.57. The average Bonchev–Trinajstić information content (AvgIpc) is 2.49. The highest BCUT2D eigenvalue weighted by atomic mass is 35.5. The number of para-hydroxylation sites is 1. The Balaban J connectivity index is 2.27. The zero-order chi connectivity index (χ0) is 14.4. The lowest BCUT2D eigenvalue weighted by atomic mass is 10.1. The maximum atomic E-state index is 6.46. The second-order valence-corrected chi connectivity index (χ2v) is 5.05. The third kappa shape index (κ3) is 3.53. The number of benzene rings is 2. The summed E-state index contributed by atoms with van der Waals surface area (Å²) in [5.74, 6) is 0. The molecule has 0 amide bonds. The Morgan fingerprint density at radius 1 is 1.05 bits per heavy atom. The molecule has 0 saturated carbocycles. The molecule has 0 aliphatic carbocycles. The average molecular weight is 289 g/mol. The van der Waals surface area contributed by atoms with E-state index in [1.807, 2.05) is 24.3 Å². The summed E-state index contributed by atoms with van der Waals surface area (Å²) in [6.45, 7) is 6.94. The van der Waals surface area contributed by atoms with Gasteiger partial charge in [-0.15, -0.1) is 0 Å². The van der Waals surface area contributed by atoms with Crippen molar-refractivity contribution < 1.29 is 0 Å². The van der Waals surface area contributed by atoms with E-state index >= 15 is 0 Å². The van der Waals surface area contributed by atoms with Gasteiger partial charge in [0.1, 0.15) is 0 Å². The van der Waals surface area contributed by atoms with Crippen LogP contribution >= 0.6 is 11.6 Å². The standard InChI is InChI=1S/C17H21ClN2/c1-3-19-13-14-10-11-17(16(18)12-14)20(4-2)15-8-6-5-7-9-15/h5-12,19H,3-4,13H2,1-2H3. The second kappa shape index (κ2) is 7.32. The minimum absolute atomic E-state index is 0.797. The van der Waals surface area contributed by atoms with Crippen LogP contribution in [0.3, 0.4) is 0 Å². The molecular weight excluding hydrogens is 268 g/mol. The highest BCUT2D eigenvalue weighted by Crippen LogP contribution is 2.32. The molecule has 20 heavy (non-hydrogen) atoms. The van der Waals surface area contributed by atoms with E-state index in [1.54, 1.807) is 0 Å². The second-order valence-electron chi connectivity index (χ2n) is 4.65. The van der Waals surface area contributed by atoms with Gasteiger partial charge in [0.2, 0.25) is 0 Å². The van der Waals surface area contributed by atoms with Gasteiger partial charge in [0, 0.05) is 18.8 Å². The summed E-state index contributed by atoms with van der Waals surface area (Å²) in [4.78, 5) is 2.22. The molecule has 2 aromatic carbocycles. The summed E-state index contributed by atoms with van der Waals surface area (Å²) in [5, 5.41) is 4.11. The summed E-state index contributed by atoms with van der Waals surface area (Å²) in [5.41, 5.74) is 3.43. The van der Waals surface area contributed by atoms with Crippen LogP contribution in [0.4, 0.5) is 11.4 Å². The SMILES string of the molecule is CCNCc1ccc(N(CC)c2ccccc2)c(Cl)c1. The van der Waals surface area contributed by atoms with Crippen LogP contribution in [-0.2, 0) is 6.54 Å². The quantitative estimate of drug-likeness (QED) is 0.835. The molecule has 1 N–H and O–H groups in total. The molecule has 0 atom stereocenters. The Hall–Kier alpha value is -1.51. The molecule has 0 aliphatic rings. The molecule has 0 unspecified atom stereocenters. The van der Waals surface area contributed by atoms with E-state index in [-0.39, 0.29) is 0 Å². The van der Waals surface area contributed by atoms with Gasteiger partial charge >= 0.3 is 0 Å². The number of rotatable bonds is 6. The van der Waals surface area contributed by atoms with Crippen LogP contribution in [-0.4, -0.2) is 13.1 Å². The van der Waals surface area contributed by atoms with Crippen LogP contribution in [0.25, 0.3) is 0 Å². The highest BCUT2D eigenvalue weighted by Gasteiger charge is 2.11. The molecule has 2 aromatic rings. The maximum absolute atomic E-state index is 6.46. The lowest BCUT2D eigenvalue weighted by molar-refractivity contribution is 0.727. The van der Waals surface area contributed by atoms with Crippen molar-refractivity contribution in [3.8, 4) is 0 Å². The molecule has 0 fully saturated rings. The Kier molecular flexibility index (Phi) is 5.45. The first-order valence-corrected chi connectivity index (χ1v) is 7.45. The lowest BCUT2D eigenvalue weighted by Crippen LogP contribution is -2.17. The van der Waals surface area contributed by atoms with Gasteiger partial charge in [-0.25, -0.2) is 0 Å². The molecule has 106 valence electrons. The van der Waals surface area contributed by atoms with Crippen LogP contribution in [0.2, 0.25) is 5.02 Å². The summed E-state index contributed by atoms with van der Waals surface area (Å²) in [7, 11) is 0. The van der Waals surface area contributed by atoms with Crippen molar-refractivity contribution in [3.05, 3.63) is 59.1 Å². The van der Waals surface area contributed by atoms with Gasteiger partial charge in [-0.1, -0.05) is 42.8 Å². The molecule has 0 spiro atoms. The van der Waals surface area contributed by atoms with E-state index < -0.39 is 0 Å². The minimum atomic E-state index is 0.797. The Morgan fingerprint density at radius 3 is 2.40 bits per heavy atom. The van der Waals surface area contributed by atoms with Crippen molar-refractivity contribution in [1.29, 1.82) is 0 Å². The molecular formula is C17H21ClN2. The highest BCUT2D eigenvalue weighted by molar-refractivity contribution is 6.33. The smallest absolute Gasteiger partial charge is 0.0646 e. The summed E-state index contributed by atoms with van der Waals surface area (Å²) >= 11 is 6.46. The fourth-order valence-corrected chi connectivity index (χ4v) is 2.55. The molecule has 3 heteroatoms. The van der Waals surface area contributed by atoms with E-state index in [2.05, 4.69) is 48.3 Å². The van der Waals surface area contributed by atoms with Gasteiger partial charge in [-0.2, -0.15) is 0 Å². The minimum Gasteiger partial charge on any atom is -0.341 e. The summed E-state index contributed by atoms with van der Waals surface area (Å²) in [6.07, 6.45) is 0. The number of hydrogen-bond acceptors (Lipinski definition) is 2. The summed E-state index contributed by atoms with van der Waals surface area (Å²) in [6, 6.07) is 16.6. The molecule has 0 radical (unpaired) electrons. The van der Waals surface area contributed by atoms with Crippen LogP contribution in [0.15, 0.2) is 48.5 Å². The van der Waals surface area contributed by atoms with Crippen molar-refractivity contribution in [3.63, 3.8) is 0 Å². The predicted molar refractivity (Wildman–Crippen MR) is 88.0 cm³/mol. The molecule has 0 aliphatic heterocycles. The number of nitrogens with zero attached hydrogens (tertiary/aromatic N) is 1. The number of nitrogens with one attached hydrogen (secondary N) is 1. The lowest BCUT2D eigenvalue weighted by Gasteiger charge is -2.24. The van der Waals surface area contributed by atoms with E-state index in [4.69, 9.17) is 11.6 Å². The number of hydrogen-bond donors (Lipinski definition) is 1. The van der Waals surface area contributed by atoms with Crippen LogP contribution in [0.5, 0.6) is 0 Å². The first kappa shape index (κ1) is 14.9. The van der Waals surface area contributed by atoms with Crippen molar-refractivity contribution >= 4 is 23.0 Å². The monoisotopic (exact) mass is 288 g/mol. The van der Waals surface area contributed by atoms with Gasteiger partial charge < -0.3 is 10.2 Å². The van der Waals surface area contributed by atoms with Crippen molar-refractivity contribution in [2.75, 3.05) is 18.0 Å².